The van der Waals surface area contributed by atoms with E-state index < -0.39 is 0 Å². The molecule has 1 heterocycles. The minimum absolute atomic E-state index is 0.129. The van der Waals surface area contributed by atoms with Crippen molar-refractivity contribution in [1.29, 1.82) is 0 Å². The number of nitrogens with zero attached hydrogens (tertiary/aromatic N) is 1. The van der Waals surface area contributed by atoms with Crippen LogP contribution in [0.3, 0.4) is 0 Å². The molecule has 1 aliphatic carbocycles. The van der Waals surface area contributed by atoms with Gasteiger partial charge < -0.3 is 15.4 Å². The van der Waals surface area contributed by atoms with Crippen LogP contribution in [0.15, 0.2) is 0 Å². The molecule has 18 heavy (non-hydrogen) atoms. The molecule has 1 amide bonds. The second kappa shape index (κ2) is 6.53. The third-order valence-electron chi connectivity index (χ3n) is 4.17. The first-order chi connectivity index (χ1) is 8.70. The lowest BCUT2D eigenvalue weighted by atomic mass is 9.93. The zero-order chi connectivity index (χ0) is 12.8. The van der Waals surface area contributed by atoms with E-state index in [-0.39, 0.29) is 18.1 Å². The van der Waals surface area contributed by atoms with E-state index in [1.54, 1.807) is 0 Å². The molecule has 4 heteroatoms. The van der Waals surface area contributed by atoms with E-state index in [9.17, 15) is 4.79 Å². The van der Waals surface area contributed by atoms with E-state index in [1.165, 1.54) is 25.7 Å². The number of ether oxygens (including phenoxy) is 1. The molecule has 1 saturated heterocycles. The Bertz CT molecular complexity index is 267. The standard InChI is InChI=1S/C14H26N2O2/c15-14(7-3-1-2-4-8-14)12-18-11-13(17)16-9-5-6-10-16/h1-12,15H2. The molecule has 0 bridgehead atoms. The van der Waals surface area contributed by atoms with Crippen LogP contribution in [-0.2, 0) is 9.53 Å². The van der Waals surface area contributed by atoms with E-state index in [2.05, 4.69) is 0 Å². The topological polar surface area (TPSA) is 55.6 Å². The van der Waals surface area contributed by atoms with Gasteiger partial charge in [0.1, 0.15) is 6.61 Å². The van der Waals surface area contributed by atoms with Crippen molar-refractivity contribution in [2.75, 3.05) is 26.3 Å². The van der Waals surface area contributed by atoms with Crippen molar-refractivity contribution in [2.24, 2.45) is 5.73 Å². The summed E-state index contributed by atoms with van der Waals surface area (Å²) >= 11 is 0. The van der Waals surface area contributed by atoms with Crippen LogP contribution in [0.4, 0.5) is 0 Å². The first-order valence-electron chi connectivity index (χ1n) is 7.34. The van der Waals surface area contributed by atoms with Crippen LogP contribution in [0.5, 0.6) is 0 Å². The van der Waals surface area contributed by atoms with Gasteiger partial charge in [-0.2, -0.15) is 0 Å². The van der Waals surface area contributed by atoms with Gasteiger partial charge in [-0.25, -0.2) is 0 Å². The Morgan fingerprint density at radius 1 is 1.06 bits per heavy atom. The highest BCUT2D eigenvalue weighted by Crippen LogP contribution is 2.25. The SMILES string of the molecule is NC1(COCC(=O)N2CCCC2)CCCCCC1. The van der Waals surface area contributed by atoms with E-state index in [1.807, 2.05) is 4.90 Å². The number of hydrogen-bond acceptors (Lipinski definition) is 3. The maximum absolute atomic E-state index is 11.8. The molecule has 4 nitrogen and oxygen atoms in total. The van der Waals surface area contributed by atoms with Crippen LogP contribution in [0.25, 0.3) is 0 Å². The summed E-state index contributed by atoms with van der Waals surface area (Å²) in [6.45, 7) is 2.54. The highest BCUT2D eigenvalue weighted by molar-refractivity contribution is 5.77. The van der Waals surface area contributed by atoms with Crippen molar-refractivity contribution in [3.8, 4) is 0 Å². The zero-order valence-electron chi connectivity index (χ0n) is 11.3. The Kier molecular flexibility index (Phi) is 5.01. The number of likely N-dealkylation sites (tertiary alicyclic amines) is 1. The Labute approximate surface area is 110 Å². The number of rotatable bonds is 4. The van der Waals surface area contributed by atoms with Gasteiger partial charge in [-0.15, -0.1) is 0 Å². The highest BCUT2D eigenvalue weighted by atomic mass is 16.5. The first-order valence-corrected chi connectivity index (χ1v) is 7.34. The number of hydrogen-bond donors (Lipinski definition) is 1. The third-order valence-corrected chi connectivity index (χ3v) is 4.17. The van der Waals surface area contributed by atoms with Crippen LogP contribution in [0.2, 0.25) is 0 Å². The average Bonchev–Trinajstić information content (AvgIpc) is 2.80. The van der Waals surface area contributed by atoms with E-state index >= 15 is 0 Å². The molecule has 0 aromatic rings. The molecule has 2 rings (SSSR count). The van der Waals surface area contributed by atoms with Gasteiger partial charge in [0.15, 0.2) is 0 Å². The minimum atomic E-state index is -0.193. The zero-order valence-corrected chi connectivity index (χ0v) is 11.3. The molecule has 2 fully saturated rings. The molecule has 2 N–H and O–H groups in total. The van der Waals surface area contributed by atoms with E-state index in [0.29, 0.717) is 6.61 Å². The van der Waals surface area contributed by atoms with Crippen LogP contribution in [0.1, 0.15) is 51.4 Å². The first kappa shape index (κ1) is 13.8. The summed E-state index contributed by atoms with van der Waals surface area (Å²) in [7, 11) is 0. The van der Waals surface area contributed by atoms with Gasteiger partial charge in [0.05, 0.1) is 6.61 Å². The van der Waals surface area contributed by atoms with Crippen molar-refractivity contribution in [2.45, 2.75) is 56.9 Å². The average molecular weight is 254 g/mol. The summed E-state index contributed by atoms with van der Waals surface area (Å²) in [6, 6.07) is 0. The number of amides is 1. The highest BCUT2D eigenvalue weighted by Gasteiger charge is 2.27. The largest absolute Gasteiger partial charge is 0.370 e. The quantitative estimate of drug-likeness (QED) is 0.777. The third kappa shape index (κ3) is 3.95. The van der Waals surface area contributed by atoms with E-state index in [0.717, 1.165) is 38.8 Å². The molecule has 0 atom stereocenters. The fourth-order valence-electron chi connectivity index (χ4n) is 2.98. The van der Waals surface area contributed by atoms with Crippen LogP contribution >= 0.6 is 0 Å². The Morgan fingerprint density at radius 3 is 2.28 bits per heavy atom. The number of carbonyl (C=O) groups is 1. The maximum atomic E-state index is 11.8. The summed E-state index contributed by atoms with van der Waals surface area (Å²) in [5.41, 5.74) is 6.16. The Morgan fingerprint density at radius 2 is 1.67 bits per heavy atom. The lowest BCUT2D eigenvalue weighted by Gasteiger charge is -2.28. The van der Waals surface area contributed by atoms with Crippen LogP contribution in [0, 0.1) is 0 Å². The van der Waals surface area contributed by atoms with Gasteiger partial charge in [-0.05, 0) is 25.7 Å². The molecule has 1 aliphatic heterocycles. The predicted octanol–water partition coefficient (Wildman–Crippen LogP) is 1.68. The van der Waals surface area contributed by atoms with Gasteiger partial charge >= 0.3 is 0 Å². The molecule has 1 saturated carbocycles. The van der Waals surface area contributed by atoms with Crippen molar-refractivity contribution in [3.63, 3.8) is 0 Å². The lowest BCUT2D eigenvalue weighted by molar-refractivity contribution is -0.135. The molecule has 0 radical (unpaired) electrons. The molecule has 104 valence electrons. The normalized spacial score (nSPS) is 23.9. The summed E-state index contributed by atoms with van der Waals surface area (Å²) in [6.07, 6.45) is 9.28. The Balaban J connectivity index is 1.68. The van der Waals surface area contributed by atoms with Crippen LogP contribution in [-0.4, -0.2) is 42.6 Å². The summed E-state index contributed by atoms with van der Waals surface area (Å²) in [5.74, 6) is 0.129. The molecular formula is C14H26N2O2. The second-order valence-electron chi connectivity index (χ2n) is 5.86. The predicted molar refractivity (Wildman–Crippen MR) is 71.3 cm³/mol. The molecule has 0 aromatic heterocycles. The van der Waals surface area contributed by atoms with Crippen molar-refractivity contribution < 1.29 is 9.53 Å². The van der Waals surface area contributed by atoms with Gasteiger partial charge in [-0.1, -0.05) is 25.7 Å². The number of carbonyl (C=O) groups excluding carboxylic acids is 1. The lowest BCUT2D eigenvalue weighted by Crippen LogP contribution is -2.45. The van der Waals surface area contributed by atoms with Crippen molar-refractivity contribution in [1.82, 2.24) is 4.90 Å². The molecular weight excluding hydrogens is 228 g/mol. The minimum Gasteiger partial charge on any atom is -0.370 e. The van der Waals surface area contributed by atoms with Gasteiger partial charge in [0, 0.05) is 18.6 Å². The fourth-order valence-corrected chi connectivity index (χ4v) is 2.98. The summed E-state index contributed by atoms with van der Waals surface area (Å²) in [5, 5.41) is 0. The molecule has 0 spiro atoms. The van der Waals surface area contributed by atoms with Crippen molar-refractivity contribution in [3.05, 3.63) is 0 Å². The molecule has 2 aliphatic rings. The van der Waals surface area contributed by atoms with Crippen LogP contribution < -0.4 is 5.73 Å². The second-order valence-corrected chi connectivity index (χ2v) is 5.86. The number of nitrogens with two attached hydrogens (primary N) is 1. The molecule has 0 aromatic carbocycles. The Hall–Kier alpha value is -0.610. The summed E-state index contributed by atoms with van der Waals surface area (Å²) in [4.78, 5) is 13.7. The van der Waals surface area contributed by atoms with Gasteiger partial charge in [0.25, 0.3) is 0 Å². The van der Waals surface area contributed by atoms with Gasteiger partial charge in [0.2, 0.25) is 5.91 Å². The smallest absolute Gasteiger partial charge is 0.248 e. The monoisotopic (exact) mass is 254 g/mol. The summed E-state index contributed by atoms with van der Waals surface area (Å²) < 4.78 is 5.59. The van der Waals surface area contributed by atoms with E-state index in [4.69, 9.17) is 10.5 Å². The van der Waals surface area contributed by atoms with Gasteiger partial charge in [-0.3, -0.25) is 4.79 Å². The maximum Gasteiger partial charge on any atom is 0.248 e. The fraction of sp³-hybridized carbons (Fsp3) is 0.929. The van der Waals surface area contributed by atoms with Crippen molar-refractivity contribution >= 4 is 5.91 Å². The molecule has 0 unspecified atom stereocenters.